The SMILES string of the molecule is CCC(N)(CC)CNC(=O)c1oncc1C. The molecule has 0 saturated heterocycles. The first-order valence-electron chi connectivity index (χ1n) is 5.50. The lowest BCUT2D eigenvalue weighted by Crippen LogP contribution is -2.49. The zero-order valence-electron chi connectivity index (χ0n) is 10.0. The van der Waals surface area contributed by atoms with Gasteiger partial charge in [0, 0.05) is 17.6 Å². The maximum absolute atomic E-state index is 11.7. The van der Waals surface area contributed by atoms with Crippen molar-refractivity contribution in [1.82, 2.24) is 10.5 Å². The van der Waals surface area contributed by atoms with E-state index in [1.54, 1.807) is 6.92 Å². The molecule has 0 radical (unpaired) electrons. The number of amides is 1. The van der Waals surface area contributed by atoms with E-state index in [0.717, 1.165) is 18.4 Å². The molecule has 0 bridgehead atoms. The summed E-state index contributed by atoms with van der Waals surface area (Å²) in [5.41, 5.74) is 6.46. The normalized spacial score (nSPS) is 11.5. The molecule has 0 fully saturated rings. The van der Waals surface area contributed by atoms with Crippen LogP contribution < -0.4 is 11.1 Å². The molecule has 0 aliphatic heterocycles. The molecule has 1 aromatic rings. The highest BCUT2D eigenvalue weighted by Gasteiger charge is 2.22. The third-order valence-corrected chi connectivity index (χ3v) is 2.96. The van der Waals surface area contributed by atoms with Crippen molar-refractivity contribution in [3.05, 3.63) is 17.5 Å². The predicted octanol–water partition coefficient (Wildman–Crippen LogP) is 1.23. The zero-order valence-corrected chi connectivity index (χ0v) is 10.0. The first-order valence-corrected chi connectivity index (χ1v) is 5.50. The molecular weight excluding hydrogens is 206 g/mol. The topological polar surface area (TPSA) is 81.1 Å². The second kappa shape index (κ2) is 5.12. The van der Waals surface area contributed by atoms with Gasteiger partial charge in [-0.05, 0) is 19.8 Å². The fraction of sp³-hybridized carbons (Fsp3) is 0.636. The average Bonchev–Trinajstić information content (AvgIpc) is 2.72. The lowest BCUT2D eigenvalue weighted by atomic mass is 9.94. The van der Waals surface area contributed by atoms with Gasteiger partial charge in [-0.15, -0.1) is 0 Å². The number of hydrogen-bond donors (Lipinski definition) is 2. The van der Waals surface area contributed by atoms with Crippen molar-refractivity contribution >= 4 is 5.91 Å². The van der Waals surface area contributed by atoms with E-state index in [1.165, 1.54) is 6.20 Å². The largest absolute Gasteiger partial charge is 0.351 e. The number of carbonyl (C=O) groups is 1. The maximum atomic E-state index is 11.7. The molecule has 3 N–H and O–H groups in total. The Morgan fingerprint density at radius 2 is 2.19 bits per heavy atom. The summed E-state index contributed by atoms with van der Waals surface area (Å²) >= 11 is 0. The van der Waals surface area contributed by atoms with E-state index in [4.69, 9.17) is 10.3 Å². The summed E-state index contributed by atoms with van der Waals surface area (Å²) in [4.78, 5) is 11.7. The molecule has 0 atom stereocenters. The van der Waals surface area contributed by atoms with Crippen molar-refractivity contribution < 1.29 is 9.32 Å². The minimum atomic E-state index is -0.344. The lowest BCUT2D eigenvalue weighted by molar-refractivity contribution is 0.0904. The summed E-state index contributed by atoms with van der Waals surface area (Å²) < 4.78 is 4.86. The van der Waals surface area contributed by atoms with E-state index in [1.807, 2.05) is 13.8 Å². The summed E-state index contributed by atoms with van der Waals surface area (Å²) in [5, 5.41) is 6.33. The van der Waals surface area contributed by atoms with E-state index >= 15 is 0 Å². The van der Waals surface area contributed by atoms with Gasteiger partial charge in [0.2, 0.25) is 5.76 Å². The van der Waals surface area contributed by atoms with Crippen molar-refractivity contribution in [2.75, 3.05) is 6.54 Å². The molecule has 1 amide bonds. The summed E-state index contributed by atoms with van der Waals surface area (Å²) in [5.74, 6) is 0.00119. The van der Waals surface area contributed by atoms with E-state index in [2.05, 4.69) is 10.5 Å². The highest BCUT2D eigenvalue weighted by atomic mass is 16.5. The number of nitrogens with two attached hydrogens (primary N) is 1. The number of aromatic nitrogens is 1. The van der Waals surface area contributed by atoms with Gasteiger partial charge in [0.05, 0.1) is 6.20 Å². The predicted molar refractivity (Wildman–Crippen MR) is 61.1 cm³/mol. The van der Waals surface area contributed by atoms with Crippen molar-refractivity contribution in [2.45, 2.75) is 39.2 Å². The van der Waals surface area contributed by atoms with Gasteiger partial charge in [0.15, 0.2) is 0 Å². The van der Waals surface area contributed by atoms with Crippen LogP contribution in [0.4, 0.5) is 0 Å². The number of rotatable bonds is 5. The van der Waals surface area contributed by atoms with Crippen LogP contribution in [0.2, 0.25) is 0 Å². The van der Waals surface area contributed by atoms with Crippen LogP contribution in [0.5, 0.6) is 0 Å². The first kappa shape index (κ1) is 12.7. The minimum Gasteiger partial charge on any atom is -0.351 e. The van der Waals surface area contributed by atoms with Gasteiger partial charge in [-0.3, -0.25) is 4.79 Å². The van der Waals surface area contributed by atoms with E-state index in [-0.39, 0.29) is 17.2 Å². The van der Waals surface area contributed by atoms with Crippen LogP contribution >= 0.6 is 0 Å². The van der Waals surface area contributed by atoms with Crippen molar-refractivity contribution in [3.63, 3.8) is 0 Å². The van der Waals surface area contributed by atoms with E-state index in [0.29, 0.717) is 6.54 Å². The molecule has 5 nitrogen and oxygen atoms in total. The molecule has 0 aliphatic carbocycles. The van der Waals surface area contributed by atoms with Gasteiger partial charge in [0.25, 0.3) is 5.91 Å². The molecule has 0 aromatic carbocycles. The molecule has 16 heavy (non-hydrogen) atoms. The number of nitrogens with one attached hydrogen (secondary N) is 1. The van der Waals surface area contributed by atoms with E-state index in [9.17, 15) is 4.79 Å². The highest BCUT2D eigenvalue weighted by molar-refractivity contribution is 5.92. The summed E-state index contributed by atoms with van der Waals surface area (Å²) in [6.07, 6.45) is 3.16. The van der Waals surface area contributed by atoms with Crippen molar-refractivity contribution in [3.8, 4) is 0 Å². The van der Waals surface area contributed by atoms with Gasteiger partial charge < -0.3 is 15.6 Å². The smallest absolute Gasteiger partial charge is 0.290 e. The number of carbonyl (C=O) groups excluding carboxylic acids is 1. The lowest BCUT2D eigenvalue weighted by Gasteiger charge is -2.26. The van der Waals surface area contributed by atoms with Gasteiger partial charge in [0.1, 0.15) is 0 Å². The minimum absolute atomic E-state index is 0.258. The summed E-state index contributed by atoms with van der Waals surface area (Å²) in [6.45, 7) is 6.24. The van der Waals surface area contributed by atoms with Crippen LogP contribution in [-0.4, -0.2) is 23.1 Å². The Kier molecular flexibility index (Phi) is 4.06. The van der Waals surface area contributed by atoms with Gasteiger partial charge in [-0.2, -0.15) is 0 Å². The Hall–Kier alpha value is -1.36. The molecule has 5 heteroatoms. The molecule has 1 aromatic heterocycles. The maximum Gasteiger partial charge on any atom is 0.290 e. The van der Waals surface area contributed by atoms with Crippen molar-refractivity contribution in [2.24, 2.45) is 5.73 Å². The van der Waals surface area contributed by atoms with Gasteiger partial charge in [-0.1, -0.05) is 19.0 Å². The Bertz CT molecular complexity index is 356. The number of hydrogen-bond acceptors (Lipinski definition) is 4. The first-order chi connectivity index (χ1) is 7.52. The van der Waals surface area contributed by atoms with Crippen LogP contribution in [-0.2, 0) is 0 Å². The van der Waals surface area contributed by atoms with Crippen LogP contribution in [0.15, 0.2) is 10.7 Å². The molecule has 0 unspecified atom stereocenters. The molecule has 1 heterocycles. The molecule has 0 spiro atoms. The van der Waals surface area contributed by atoms with Crippen LogP contribution in [0.25, 0.3) is 0 Å². The molecule has 0 saturated carbocycles. The van der Waals surface area contributed by atoms with Gasteiger partial charge >= 0.3 is 0 Å². The fourth-order valence-corrected chi connectivity index (χ4v) is 1.35. The Labute approximate surface area is 95.4 Å². The third-order valence-electron chi connectivity index (χ3n) is 2.96. The average molecular weight is 225 g/mol. The zero-order chi connectivity index (χ0) is 12.2. The van der Waals surface area contributed by atoms with Crippen LogP contribution in [0.1, 0.15) is 42.8 Å². The molecule has 0 aliphatic rings. The quantitative estimate of drug-likeness (QED) is 0.789. The summed E-state index contributed by atoms with van der Waals surface area (Å²) in [7, 11) is 0. The second-order valence-corrected chi connectivity index (χ2v) is 4.09. The Morgan fingerprint density at radius 1 is 1.56 bits per heavy atom. The van der Waals surface area contributed by atoms with Gasteiger partial charge in [-0.25, -0.2) is 0 Å². The molecular formula is C11H19N3O2. The van der Waals surface area contributed by atoms with Crippen LogP contribution in [0.3, 0.4) is 0 Å². The standard InChI is InChI=1S/C11H19N3O2/c1-4-11(12,5-2)7-13-10(15)9-8(3)6-14-16-9/h6H,4-5,7,12H2,1-3H3,(H,13,15). The fourth-order valence-electron chi connectivity index (χ4n) is 1.35. The number of nitrogens with zero attached hydrogens (tertiary/aromatic N) is 1. The monoisotopic (exact) mass is 225 g/mol. The van der Waals surface area contributed by atoms with E-state index < -0.39 is 0 Å². The van der Waals surface area contributed by atoms with Crippen LogP contribution in [0, 0.1) is 6.92 Å². The second-order valence-electron chi connectivity index (χ2n) is 4.09. The Balaban J connectivity index is 2.57. The third kappa shape index (κ3) is 2.82. The molecule has 90 valence electrons. The van der Waals surface area contributed by atoms with Crippen molar-refractivity contribution in [1.29, 1.82) is 0 Å². The molecule has 1 rings (SSSR count). The summed E-state index contributed by atoms with van der Waals surface area (Å²) in [6, 6.07) is 0. The highest BCUT2D eigenvalue weighted by Crippen LogP contribution is 2.10. The Morgan fingerprint density at radius 3 is 2.62 bits per heavy atom. The number of aryl methyl sites for hydroxylation is 1.